The lowest BCUT2D eigenvalue weighted by molar-refractivity contribution is -0.120. The Labute approximate surface area is 129 Å². The van der Waals surface area contributed by atoms with Crippen LogP contribution in [0.4, 0.5) is 11.6 Å². The van der Waals surface area contributed by atoms with Gasteiger partial charge in [0, 0.05) is 31.7 Å². The van der Waals surface area contributed by atoms with Gasteiger partial charge in [0.15, 0.2) is 0 Å². The largest absolute Gasteiger partial charge is 0.355 e. The highest BCUT2D eigenvalue weighted by Gasteiger charge is 2.26. The van der Waals surface area contributed by atoms with Gasteiger partial charge in [-0.3, -0.25) is 9.78 Å². The van der Waals surface area contributed by atoms with Crippen LogP contribution in [0.15, 0.2) is 36.9 Å². The van der Waals surface area contributed by atoms with E-state index in [0.29, 0.717) is 12.4 Å². The van der Waals surface area contributed by atoms with Gasteiger partial charge in [0.25, 0.3) is 0 Å². The highest BCUT2D eigenvalue weighted by molar-refractivity contribution is 5.92. The van der Waals surface area contributed by atoms with Gasteiger partial charge in [-0.2, -0.15) is 0 Å². The molecule has 1 amide bonds. The lowest BCUT2D eigenvalue weighted by Gasteiger charge is -2.32. The van der Waals surface area contributed by atoms with Crippen LogP contribution in [0.2, 0.25) is 0 Å². The van der Waals surface area contributed by atoms with Crippen LogP contribution in [0.3, 0.4) is 0 Å². The number of aryl methyl sites for hydroxylation is 1. The minimum absolute atomic E-state index is 0.0201. The second kappa shape index (κ2) is 6.51. The van der Waals surface area contributed by atoms with Crippen LogP contribution in [-0.4, -0.2) is 33.9 Å². The van der Waals surface area contributed by atoms with Gasteiger partial charge < -0.3 is 10.2 Å². The lowest BCUT2D eigenvalue weighted by atomic mass is 9.97. The number of nitrogens with zero attached hydrogens (tertiary/aromatic N) is 4. The van der Waals surface area contributed by atoms with E-state index >= 15 is 0 Å². The summed E-state index contributed by atoms with van der Waals surface area (Å²) in [5.41, 5.74) is 1.08. The molecule has 1 N–H and O–H groups in total. The summed E-state index contributed by atoms with van der Waals surface area (Å²) in [6.07, 6.45) is 8.63. The van der Waals surface area contributed by atoms with Crippen LogP contribution < -0.4 is 10.2 Å². The monoisotopic (exact) mass is 297 g/mol. The van der Waals surface area contributed by atoms with Crippen molar-refractivity contribution in [3.8, 4) is 0 Å². The van der Waals surface area contributed by atoms with Crippen molar-refractivity contribution < 1.29 is 4.79 Å². The molecule has 0 saturated carbocycles. The minimum atomic E-state index is -0.0573. The van der Waals surface area contributed by atoms with Crippen LogP contribution in [0.5, 0.6) is 0 Å². The molecule has 1 fully saturated rings. The van der Waals surface area contributed by atoms with Crippen molar-refractivity contribution in [2.24, 2.45) is 5.92 Å². The number of anilines is 2. The molecule has 6 nitrogen and oxygen atoms in total. The SMILES string of the molecule is Cc1ccnc(NC(=O)C2CCCN(c3cnccn3)C2)c1. The Morgan fingerprint density at radius 1 is 1.32 bits per heavy atom. The fourth-order valence-corrected chi connectivity index (χ4v) is 2.69. The molecule has 22 heavy (non-hydrogen) atoms. The second-order valence-electron chi connectivity index (χ2n) is 5.56. The first-order valence-corrected chi connectivity index (χ1v) is 7.47. The van der Waals surface area contributed by atoms with Gasteiger partial charge in [0.2, 0.25) is 5.91 Å². The highest BCUT2D eigenvalue weighted by Crippen LogP contribution is 2.22. The van der Waals surface area contributed by atoms with Crippen molar-refractivity contribution in [1.82, 2.24) is 15.0 Å². The standard InChI is InChI=1S/C16H19N5O/c1-12-4-5-18-14(9-12)20-16(22)13-3-2-8-21(11-13)15-10-17-6-7-19-15/h4-7,9-10,13H,2-3,8,11H2,1H3,(H,18,20,22). The van der Waals surface area contributed by atoms with Gasteiger partial charge in [-0.05, 0) is 37.5 Å². The Morgan fingerprint density at radius 2 is 2.23 bits per heavy atom. The molecule has 3 rings (SSSR count). The smallest absolute Gasteiger partial charge is 0.230 e. The van der Waals surface area contributed by atoms with E-state index in [-0.39, 0.29) is 11.8 Å². The Kier molecular flexibility index (Phi) is 4.27. The summed E-state index contributed by atoms with van der Waals surface area (Å²) in [5.74, 6) is 1.40. The van der Waals surface area contributed by atoms with Crippen molar-refractivity contribution in [2.45, 2.75) is 19.8 Å². The number of hydrogen-bond donors (Lipinski definition) is 1. The molecule has 3 heterocycles. The Hall–Kier alpha value is -2.50. The first kappa shape index (κ1) is 14.4. The summed E-state index contributed by atoms with van der Waals surface area (Å²) in [6, 6.07) is 3.78. The molecule has 0 spiro atoms. The third-order valence-electron chi connectivity index (χ3n) is 3.83. The van der Waals surface area contributed by atoms with E-state index in [1.807, 2.05) is 19.1 Å². The first-order valence-electron chi connectivity index (χ1n) is 7.47. The molecule has 1 unspecified atom stereocenters. The Balaban J connectivity index is 1.65. The molecular weight excluding hydrogens is 278 g/mol. The molecule has 1 aliphatic rings. The van der Waals surface area contributed by atoms with E-state index in [4.69, 9.17) is 0 Å². The fraction of sp³-hybridized carbons (Fsp3) is 0.375. The van der Waals surface area contributed by atoms with E-state index < -0.39 is 0 Å². The van der Waals surface area contributed by atoms with Crippen molar-refractivity contribution >= 4 is 17.5 Å². The quantitative estimate of drug-likeness (QED) is 0.938. The van der Waals surface area contributed by atoms with E-state index in [1.165, 1.54) is 0 Å². The topological polar surface area (TPSA) is 71.0 Å². The summed E-state index contributed by atoms with van der Waals surface area (Å²) < 4.78 is 0. The number of carbonyl (C=O) groups excluding carboxylic acids is 1. The number of hydrogen-bond acceptors (Lipinski definition) is 5. The van der Waals surface area contributed by atoms with Crippen LogP contribution in [0, 0.1) is 12.8 Å². The number of pyridine rings is 1. The number of carbonyl (C=O) groups is 1. The number of rotatable bonds is 3. The molecule has 0 aliphatic carbocycles. The van der Waals surface area contributed by atoms with Gasteiger partial charge in [0.05, 0.1) is 12.1 Å². The molecule has 1 saturated heterocycles. The molecule has 0 bridgehead atoms. The summed E-state index contributed by atoms with van der Waals surface area (Å²) in [6.45, 7) is 3.55. The van der Waals surface area contributed by atoms with Crippen molar-refractivity contribution in [2.75, 3.05) is 23.3 Å². The van der Waals surface area contributed by atoms with E-state index in [1.54, 1.807) is 24.8 Å². The van der Waals surface area contributed by atoms with Gasteiger partial charge in [-0.15, -0.1) is 0 Å². The van der Waals surface area contributed by atoms with E-state index in [0.717, 1.165) is 30.8 Å². The minimum Gasteiger partial charge on any atom is -0.355 e. The maximum atomic E-state index is 12.4. The summed E-state index contributed by atoms with van der Waals surface area (Å²) in [4.78, 5) is 27.1. The van der Waals surface area contributed by atoms with Crippen LogP contribution in [-0.2, 0) is 4.79 Å². The third-order valence-corrected chi connectivity index (χ3v) is 3.83. The molecular formula is C16H19N5O. The average molecular weight is 297 g/mol. The van der Waals surface area contributed by atoms with Gasteiger partial charge in [0.1, 0.15) is 11.6 Å². The number of piperidine rings is 1. The molecule has 114 valence electrons. The van der Waals surface area contributed by atoms with Crippen LogP contribution >= 0.6 is 0 Å². The highest BCUT2D eigenvalue weighted by atomic mass is 16.2. The third kappa shape index (κ3) is 3.39. The second-order valence-corrected chi connectivity index (χ2v) is 5.56. The number of amides is 1. The maximum absolute atomic E-state index is 12.4. The first-order chi connectivity index (χ1) is 10.7. The Bertz CT molecular complexity index is 646. The van der Waals surface area contributed by atoms with Crippen LogP contribution in [0.1, 0.15) is 18.4 Å². The lowest BCUT2D eigenvalue weighted by Crippen LogP contribution is -2.41. The van der Waals surface area contributed by atoms with Gasteiger partial charge >= 0.3 is 0 Å². The molecule has 0 radical (unpaired) electrons. The van der Waals surface area contributed by atoms with Gasteiger partial charge in [-0.25, -0.2) is 9.97 Å². The molecule has 2 aromatic rings. The number of nitrogens with one attached hydrogen (secondary N) is 1. The van der Waals surface area contributed by atoms with E-state index in [9.17, 15) is 4.79 Å². The van der Waals surface area contributed by atoms with E-state index in [2.05, 4.69) is 25.2 Å². The summed E-state index contributed by atoms with van der Waals surface area (Å²) in [5, 5.41) is 2.91. The molecule has 1 atom stereocenters. The zero-order chi connectivity index (χ0) is 15.4. The summed E-state index contributed by atoms with van der Waals surface area (Å²) >= 11 is 0. The van der Waals surface area contributed by atoms with Crippen molar-refractivity contribution in [3.05, 3.63) is 42.5 Å². The maximum Gasteiger partial charge on any atom is 0.230 e. The molecule has 0 aromatic carbocycles. The predicted molar refractivity (Wildman–Crippen MR) is 84.6 cm³/mol. The molecule has 2 aromatic heterocycles. The average Bonchev–Trinajstić information content (AvgIpc) is 2.56. The normalized spacial score (nSPS) is 18.0. The fourth-order valence-electron chi connectivity index (χ4n) is 2.69. The summed E-state index contributed by atoms with van der Waals surface area (Å²) in [7, 11) is 0. The zero-order valence-corrected chi connectivity index (χ0v) is 12.6. The van der Waals surface area contributed by atoms with Gasteiger partial charge in [-0.1, -0.05) is 0 Å². The zero-order valence-electron chi connectivity index (χ0n) is 12.6. The Morgan fingerprint density at radius 3 is 3.00 bits per heavy atom. The van der Waals surface area contributed by atoms with Crippen molar-refractivity contribution in [1.29, 1.82) is 0 Å². The van der Waals surface area contributed by atoms with Crippen molar-refractivity contribution in [3.63, 3.8) is 0 Å². The molecule has 1 aliphatic heterocycles. The molecule has 6 heteroatoms. The van der Waals surface area contributed by atoms with Crippen LogP contribution in [0.25, 0.3) is 0 Å². The predicted octanol–water partition coefficient (Wildman–Crippen LogP) is 2.04. The number of aromatic nitrogens is 3.